The van der Waals surface area contributed by atoms with E-state index in [1.165, 1.54) is 6.33 Å². The van der Waals surface area contributed by atoms with E-state index in [2.05, 4.69) is 19.9 Å². The van der Waals surface area contributed by atoms with Crippen LogP contribution in [0.2, 0.25) is 0 Å². The van der Waals surface area contributed by atoms with Crippen molar-refractivity contribution in [1.82, 2.24) is 19.9 Å². The Morgan fingerprint density at radius 1 is 1.29 bits per heavy atom. The number of phenolic OH excluding ortho intramolecular Hbond substituents is 1. The average molecular weight is 226 g/mol. The van der Waals surface area contributed by atoms with E-state index in [1.54, 1.807) is 12.3 Å². The second-order valence-corrected chi connectivity index (χ2v) is 3.87. The highest BCUT2D eigenvalue weighted by molar-refractivity contribution is 5.76. The summed E-state index contributed by atoms with van der Waals surface area (Å²) in [6, 6.07) is 5.46. The largest absolute Gasteiger partial charge is 0.507 e. The van der Waals surface area contributed by atoms with Gasteiger partial charge in [0.15, 0.2) is 5.65 Å². The molecule has 2 heterocycles. The quantitative estimate of drug-likeness (QED) is 0.665. The van der Waals surface area contributed by atoms with E-state index in [1.807, 2.05) is 19.1 Å². The summed E-state index contributed by atoms with van der Waals surface area (Å²) in [5.41, 5.74) is 3.01. The third-order valence-electron chi connectivity index (χ3n) is 2.57. The Labute approximate surface area is 97.2 Å². The van der Waals surface area contributed by atoms with E-state index >= 15 is 0 Å². The van der Waals surface area contributed by atoms with E-state index in [0.717, 1.165) is 11.1 Å². The number of aromatic amines is 1. The first kappa shape index (κ1) is 9.77. The predicted octanol–water partition coefficient (Wildman–Crippen LogP) is 2.03. The highest BCUT2D eigenvalue weighted by Crippen LogP contribution is 2.28. The van der Waals surface area contributed by atoms with Gasteiger partial charge in [-0.15, -0.1) is 0 Å². The van der Waals surface area contributed by atoms with Crippen molar-refractivity contribution < 1.29 is 5.11 Å². The Kier molecular flexibility index (Phi) is 2.04. The van der Waals surface area contributed by atoms with Gasteiger partial charge in [0.1, 0.15) is 23.4 Å². The van der Waals surface area contributed by atoms with Gasteiger partial charge in [0, 0.05) is 0 Å². The predicted molar refractivity (Wildman–Crippen MR) is 63.5 cm³/mol. The van der Waals surface area contributed by atoms with Crippen molar-refractivity contribution in [2.24, 2.45) is 0 Å². The second kappa shape index (κ2) is 3.55. The molecule has 0 radical (unpaired) electrons. The smallest absolute Gasteiger partial charge is 0.181 e. The molecule has 3 aromatic rings. The first-order valence-corrected chi connectivity index (χ1v) is 5.20. The molecule has 17 heavy (non-hydrogen) atoms. The number of phenols is 1. The van der Waals surface area contributed by atoms with Gasteiger partial charge in [-0.1, -0.05) is 6.07 Å². The van der Waals surface area contributed by atoms with Gasteiger partial charge < -0.3 is 10.1 Å². The first-order chi connectivity index (χ1) is 8.24. The van der Waals surface area contributed by atoms with Gasteiger partial charge in [0.2, 0.25) is 0 Å². The average Bonchev–Trinajstić information content (AvgIpc) is 2.72. The molecule has 0 aliphatic heterocycles. The first-order valence-electron chi connectivity index (χ1n) is 5.20. The molecular formula is C12H10N4O. The summed E-state index contributed by atoms with van der Waals surface area (Å²) >= 11 is 0. The molecule has 0 spiro atoms. The van der Waals surface area contributed by atoms with Gasteiger partial charge in [0.25, 0.3) is 0 Å². The van der Waals surface area contributed by atoms with Crippen LogP contribution in [-0.4, -0.2) is 25.0 Å². The lowest BCUT2D eigenvalue weighted by Gasteiger charge is -2.01. The van der Waals surface area contributed by atoms with Crippen LogP contribution in [0, 0.1) is 6.92 Å². The molecule has 2 aromatic heterocycles. The number of aryl methyl sites for hydroxylation is 1. The number of nitrogens with one attached hydrogen (secondary N) is 1. The fourth-order valence-corrected chi connectivity index (χ4v) is 1.73. The lowest BCUT2D eigenvalue weighted by atomic mass is 10.1. The number of nitrogens with zero attached hydrogens (tertiary/aromatic N) is 3. The van der Waals surface area contributed by atoms with Gasteiger partial charge in [-0.25, -0.2) is 15.0 Å². The van der Waals surface area contributed by atoms with Crippen molar-refractivity contribution in [3.63, 3.8) is 0 Å². The van der Waals surface area contributed by atoms with Gasteiger partial charge in [-0.3, -0.25) is 0 Å². The van der Waals surface area contributed by atoms with Crippen LogP contribution in [0.5, 0.6) is 5.75 Å². The molecule has 0 saturated heterocycles. The van der Waals surface area contributed by atoms with Crippen molar-refractivity contribution in [1.29, 1.82) is 0 Å². The minimum absolute atomic E-state index is 0.206. The van der Waals surface area contributed by atoms with Gasteiger partial charge in [-0.2, -0.15) is 0 Å². The molecule has 1 aromatic carbocycles. The third kappa shape index (κ3) is 1.61. The Balaban J connectivity index is 2.20. The lowest BCUT2D eigenvalue weighted by Crippen LogP contribution is -1.82. The topological polar surface area (TPSA) is 74.7 Å². The Hall–Kier alpha value is -2.43. The molecule has 5 nitrogen and oxygen atoms in total. The van der Waals surface area contributed by atoms with E-state index in [0.29, 0.717) is 17.0 Å². The zero-order chi connectivity index (χ0) is 11.8. The second-order valence-electron chi connectivity index (χ2n) is 3.87. The zero-order valence-corrected chi connectivity index (χ0v) is 9.18. The van der Waals surface area contributed by atoms with Crippen LogP contribution >= 0.6 is 0 Å². The maximum Gasteiger partial charge on any atom is 0.181 e. The van der Waals surface area contributed by atoms with Gasteiger partial charge in [-0.05, 0) is 24.6 Å². The standard InChI is InChI=1S/C12H10N4O/c1-7-2-3-8(10(17)4-7)11-15-9-5-13-6-14-12(9)16-11/h2-6,17H,1H3,(H,13,14,15,16). The Bertz CT molecular complexity index is 657. The van der Waals surface area contributed by atoms with Crippen LogP contribution in [-0.2, 0) is 0 Å². The maximum absolute atomic E-state index is 9.87. The van der Waals surface area contributed by atoms with Crippen LogP contribution in [0.25, 0.3) is 22.6 Å². The van der Waals surface area contributed by atoms with Crippen molar-refractivity contribution in [2.45, 2.75) is 6.92 Å². The van der Waals surface area contributed by atoms with Crippen molar-refractivity contribution in [3.05, 3.63) is 36.3 Å². The molecular weight excluding hydrogens is 216 g/mol. The molecule has 0 unspecified atom stereocenters. The monoisotopic (exact) mass is 226 g/mol. The van der Waals surface area contributed by atoms with Crippen LogP contribution in [0.15, 0.2) is 30.7 Å². The number of rotatable bonds is 1. The SMILES string of the molecule is Cc1ccc(-c2nc3ncncc3[nH]2)c(O)c1. The molecule has 0 aliphatic carbocycles. The van der Waals surface area contributed by atoms with Crippen LogP contribution in [0.4, 0.5) is 0 Å². The van der Waals surface area contributed by atoms with E-state index in [-0.39, 0.29) is 5.75 Å². The summed E-state index contributed by atoms with van der Waals surface area (Å²) in [4.78, 5) is 15.3. The maximum atomic E-state index is 9.87. The van der Waals surface area contributed by atoms with Crippen LogP contribution < -0.4 is 0 Å². The minimum Gasteiger partial charge on any atom is -0.507 e. The number of hydrogen-bond acceptors (Lipinski definition) is 4. The summed E-state index contributed by atoms with van der Waals surface area (Å²) in [7, 11) is 0. The highest BCUT2D eigenvalue weighted by Gasteiger charge is 2.09. The van der Waals surface area contributed by atoms with Gasteiger partial charge in [0.05, 0.1) is 11.8 Å². The van der Waals surface area contributed by atoms with Crippen molar-refractivity contribution >= 4 is 11.2 Å². The molecule has 0 amide bonds. The lowest BCUT2D eigenvalue weighted by molar-refractivity contribution is 0.476. The Morgan fingerprint density at radius 2 is 2.18 bits per heavy atom. The molecule has 0 bridgehead atoms. The third-order valence-corrected chi connectivity index (χ3v) is 2.57. The van der Waals surface area contributed by atoms with Gasteiger partial charge >= 0.3 is 0 Å². The molecule has 5 heteroatoms. The van der Waals surface area contributed by atoms with E-state index < -0.39 is 0 Å². The van der Waals surface area contributed by atoms with E-state index in [4.69, 9.17) is 0 Å². The number of aromatic nitrogens is 4. The molecule has 84 valence electrons. The number of fused-ring (bicyclic) bond motifs is 1. The van der Waals surface area contributed by atoms with Crippen molar-refractivity contribution in [2.75, 3.05) is 0 Å². The fourth-order valence-electron chi connectivity index (χ4n) is 1.73. The number of benzene rings is 1. The molecule has 0 saturated carbocycles. The normalized spacial score (nSPS) is 10.9. The molecule has 2 N–H and O–H groups in total. The minimum atomic E-state index is 0.206. The summed E-state index contributed by atoms with van der Waals surface area (Å²) in [6.07, 6.45) is 3.10. The Morgan fingerprint density at radius 3 is 2.94 bits per heavy atom. The number of aromatic hydroxyl groups is 1. The zero-order valence-electron chi connectivity index (χ0n) is 9.18. The number of H-pyrrole nitrogens is 1. The van der Waals surface area contributed by atoms with Crippen molar-refractivity contribution in [3.8, 4) is 17.1 Å². The summed E-state index contributed by atoms with van der Waals surface area (Å²) in [5.74, 6) is 0.801. The number of hydrogen-bond donors (Lipinski definition) is 2. The molecule has 3 rings (SSSR count). The van der Waals surface area contributed by atoms with Crippen LogP contribution in [0.1, 0.15) is 5.56 Å². The molecule has 0 atom stereocenters. The van der Waals surface area contributed by atoms with E-state index in [9.17, 15) is 5.11 Å². The number of imidazole rings is 1. The molecule has 0 fully saturated rings. The molecule has 0 aliphatic rings. The van der Waals surface area contributed by atoms with Crippen LogP contribution in [0.3, 0.4) is 0 Å². The summed E-state index contributed by atoms with van der Waals surface area (Å²) in [5, 5.41) is 9.87. The summed E-state index contributed by atoms with van der Waals surface area (Å²) in [6.45, 7) is 1.92. The highest BCUT2D eigenvalue weighted by atomic mass is 16.3. The summed E-state index contributed by atoms with van der Waals surface area (Å²) < 4.78 is 0. The fraction of sp³-hybridized carbons (Fsp3) is 0.0833.